The summed E-state index contributed by atoms with van der Waals surface area (Å²) >= 11 is 0. The molecule has 10 aromatic rings. The summed E-state index contributed by atoms with van der Waals surface area (Å²) in [5.74, 6) is 0.806. The van der Waals surface area contributed by atoms with Crippen LogP contribution in [0.25, 0.3) is 75.9 Å². The lowest BCUT2D eigenvalue weighted by Gasteiger charge is -2.34. The van der Waals surface area contributed by atoms with Crippen LogP contribution in [0, 0.1) is 0 Å². The quantitative estimate of drug-likeness (QED) is 0.190. The van der Waals surface area contributed by atoms with Gasteiger partial charge in [0.05, 0.1) is 17.1 Å². The summed E-state index contributed by atoms with van der Waals surface area (Å²) in [4.78, 5) is 0. The Morgan fingerprint density at radius 3 is 1.79 bits per heavy atom. The van der Waals surface area contributed by atoms with Gasteiger partial charge in [-0.1, -0.05) is 121 Å². The van der Waals surface area contributed by atoms with E-state index in [1.807, 2.05) is 6.07 Å². The van der Waals surface area contributed by atoms with Crippen molar-refractivity contribution in [2.45, 2.75) is 12.3 Å². The second kappa shape index (κ2) is 9.71. The van der Waals surface area contributed by atoms with Gasteiger partial charge in [0.25, 0.3) is 0 Å². The zero-order valence-corrected chi connectivity index (χ0v) is 25.9. The van der Waals surface area contributed by atoms with Crippen LogP contribution in [0.1, 0.15) is 23.5 Å². The fourth-order valence-electron chi connectivity index (χ4n) is 8.34. The highest BCUT2D eigenvalue weighted by Gasteiger charge is 2.34. The molecule has 8 aromatic carbocycles. The van der Waals surface area contributed by atoms with E-state index in [2.05, 4.69) is 161 Å². The van der Waals surface area contributed by atoms with E-state index in [1.54, 1.807) is 0 Å². The summed E-state index contributed by atoms with van der Waals surface area (Å²) in [6.45, 7) is 0. The first-order chi connectivity index (χ1) is 23.8. The van der Waals surface area contributed by atoms with Crippen molar-refractivity contribution in [3.8, 4) is 0 Å². The minimum atomic E-state index is -0.268. The van der Waals surface area contributed by atoms with Gasteiger partial charge in [-0.2, -0.15) is 0 Å². The van der Waals surface area contributed by atoms with Crippen LogP contribution in [0.15, 0.2) is 156 Å². The molecule has 11 rings (SSSR count). The second-order valence-corrected chi connectivity index (χ2v) is 13.0. The molecule has 2 atom stereocenters. The van der Waals surface area contributed by atoms with Crippen molar-refractivity contribution in [1.82, 2.24) is 9.88 Å². The molecule has 4 nitrogen and oxygen atoms in total. The van der Waals surface area contributed by atoms with Crippen molar-refractivity contribution in [1.29, 1.82) is 0 Å². The van der Waals surface area contributed by atoms with Crippen molar-refractivity contribution in [3.63, 3.8) is 0 Å². The second-order valence-electron chi connectivity index (χ2n) is 13.0. The highest BCUT2D eigenvalue weighted by molar-refractivity contribution is 6.25. The molecule has 0 saturated carbocycles. The number of nitrogens with one attached hydrogen (secondary N) is 2. The van der Waals surface area contributed by atoms with E-state index in [1.165, 1.54) is 70.5 Å². The van der Waals surface area contributed by atoms with Gasteiger partial charge in [0.15, 0.2) is 6.29 Å². The number of nitrogens with zero attached hydrogens (tertiary/aromatic N) is 1. The molecular formula is C44H29N3O. The summed E-state index contributed by atoms with van der Waals surface area (Å²) < 4.78 is 9.02. The minimum absolute atomic E-state index is 0.124. The number of para-hydroxylation sites is 2. The highest BCUT2D eigenvalue weighted by Crippen LogP contribution is 2.45. The van der Waals surface area contributed by atoms with Crippen molar-refractivity contribution in [2.24, 2.45) is 0 Å². The van der Waals surface area contributed by atoms with E-state index in [-0.39, 0.29) is 12.3 Å². The molecule has 1 aliphatic heterocycles. The lowest BCUT2D eigenvalue weighted by atomic mass is 9.90. The van der Waals surface area contributed by atoms with Gasteiger partial charge in [0, 0.05) is 21.7 Å². The molecule has 4 heteroatoms. The van der Waals surface area contributed by atoms with E-state index in [0.29, 0.717) is 0 Å². The van der Waals surface area contributed by atoms with Crippen molar-refractivity contribution in [2.75, 3.05) is 5.32 Å². The normalized spacial score (nSPS) is 16.4. The zero-order valence-electron chi connectivity index (χ0n) is 25.9. The number of anilines is 1. The third-order valence-corrected chi connectivity index (χ3v) is 10.5. The van der Waals surface area contributed by atoms with Gasteiger partial charge in [-0.3, -0.25) is 5.32 Å². The van der Waals surface area contributed by atoms with Crippen LogP contribution < -0.4 is 10.6 Å². The number of fused-ring (bicyclic) bond motifs is 13. The number of hydrogen-bond donors (Lipinski definition) is 2. The first-order valence-corrected chi connectivity index (χ1v) is 16.6. The largest absolute Gasteiger partial charge is 0.440 e. The van der Waals surface area contributed by atoms with Crippen LogP contribution in [0.3, 0.4) is 0 Å². The van der Waals surface area contributed by atoms with Gasteiger partial charge in [-0.05, 0) is 79.0 Å². The Bertz CT molecular complexity index is 2900. The lowest BCUT2D eigenvalue weighted by molar-refractivity contribution is 0.400. The van der Waals surface area contributed by atoms with Gasteiger partial charge >= 0.3 is 0 Å². The molecule has 48 heavy (non-hydrogen) atoms. The maximum Gasteiger partial charge on any atom is 0.202 e. The molecule has 0 spiro atoms. The van der Waals surface area contributed by atoms with E-state index < -0.39 is 0 Å². The summed E-state index contributed by atoms with van der Waals surface area (Å²) in [5.41, 5.74) is 5.56. The van der Waals surface area contributed by atoms with Crippen LogP contribution in [0.4, 0.5) is 5.88 Å². The van der Waals surface area contributed by atoms with Crippen LogP contribution in [0.5, 0.6) is 0 Å². The Morgan fingerprint density at radius 1 is 0.458 bits per heavy atom. The number of rotatable bonds is 2. The first kappa shape index (κ1) is 26.0. The number of benzene rings is 8. The van der Waals surface area contributed by atoms with E-state index in [0.717, 1.165) is 22.4 Å². The minimum Gasteiger partial charge on any atom is -0.440 e. The number of hydrogen-bond acceptors (Lipinski definition) is 3. The molecule has 2 unspecified atom stereocenters. The Kier molecular flexibility index (Phi) is 5.26. The van der Waals surface area contributed by atoms with Crippen LogP contribution in [0.2, 0.25) is 0 Å². The molecular weight excluding hydrogens is 587 g/mol. The average molecular weight is 616 g/mol. The number of furan rings is 1. The monoisotopic (exact) mass is 615 g/mol. The molecule has 3 heterocycles. The molecule has 2 N–H and O–H groups in total. The Morgan fingerprint density at radius 2 is 1.04 bits per heavy atom. The van der Waals surface area contributed by atoms with Crippen molar-refractivity contribution < 1.29 is 4.42 Å². The predicted octanol–water partition coefficient (Wildman–Crippen LogP) is 11.4. The van der Waals surface area contributed by atoms with Crippen molar-refractivity contribution >= 4 is 81.7 Å². The van der Waals surface area contributed by atoms with Crippen molar-refractivity contribution in [3.05, 3.63) is 163 Å². The highest BCUT2D eigenvalue weighted by atomic mass is 16.4. The Hall–Kier alpha value is -6.10. The Labute approximate surface area is 275 Å². The van der Waals surface area contributed by atoms with Gasteiger partial charge in [0.2, 0.25) is 5.88 Å². The summed E-state index contributed by atoms with van der Waals surface area (Å²) in [5, 5.41) is 21.6. The van der Waals surface area contributed by atoms with E-state index >= 15 is 0 Å². The zero-order chi connectivity index (χ0) is 31.3. The van der Waals surface area contributed by atoms with Crippen LogP contribution in [-0.4, -0.2) is 4.57 Å². The third kappa shape index (κ3) is 3.58. The van der Waals surface area contributed by atoms with E-state index in [4.69, 9.17) is 4.42 Å². The summed E-state index contributed by atoms with van der Waals surface area (Å²) in [7, 11) is 0. The molecule has 0 bridgehead atoms. The first-order valence-electron chi connectivity index (χ1n) is 16.6. The van der Waals surface area contributed by atoms with Crippen LogP contribution in [-0.2, 0) is 0 Å². The molecule has 0 aliphatic carbocycles. The molecule has 0 saturated heterocycles. The smallest absolute Gasteiger partial charge is 0.202 e. The predicted molar refractivity (Wildman–Crippen MR) is 200 cm³/mol. The molecule has 0 fully saturated rings. The standard InChI is InChI=1S/C44H29N3O/c1-2-12-27-25-39-37(23-26(27)11-1)34-17-7-9-19-38(34)47(39)44-45-42(41-35-18-8-10-20-40(35)48-43(41)46-44)28-21-22-33-31-15-4-3-13-29(31)30-14-5-6-16-32(30)36(33)24-28/h1-25,42,44-46H. The van der Waals surface area contributed by atoms with Gasteiger partial charge < -0.3 is 14.3 Å². The van der Waals surface area contributed by atoms with E-state index in [9.17, 15) is 0 Å². The molecule has 0 radical (unpaired) electrons. The van der Waals surface area contributed by atoms with Gasteiger partial charge in [0.1, 0.15) is 5.58 Å². The lowest BCUT2D eigenvalue weighted by Crippen LogP contribution is -2.40. The maximum atomic E-state index is 6.62. The topological polar surface area (TPSA) is 42.1 Å². The fraction of sp³-hybridized carbons (Fsp3) is 0.0455. The molecule has 0 amide bonds. The SMILES string of the molecule is c1ccc2cc3c(cc2c1)c1ccccc1n3C1Nc2oc3ccccc3c2C(c2ccc3c4ccccc4c4ccccc4c3c2)N1. The maximum absolute atomic E-state index is 6.62. The number of aromatic nitrogens is 1. The molecule has 226 valence electrons. The van der Waals surface area contributed by atoms with Gasteiger partial charge in [-0.15, -0.1) is 0 Å². The summed E-state index contributed by atoms with van der Waals surface area (Å²) in [6, 6.07) is 54.8. The van der Waals surface area contributed by atoms with Crippen LogP contribution >= 0.6 is 0 Å². The summed E-state index contributed by atoms with van der Waals surface area (Å²) in [6.07, 6.45) is -0.268. The Balaban J connectivity index is 1.17. The van der Waals surface area contributed by atoms with Gasteiger partial charge in [-0.25, -0.2) is 0 Å². The average Bonchev–Trinajstić information content (AvgIpc) is 3.68. The molecule has 1 aliphatic rings. The molecule has 2 aromatic heterocycles. The fourth-order valence-corrected chi connectivity index (χ4v) is 8.34. The third-order valence-electron chi connectivity index (χ3n) is 10.5.